The molecule has 0 spiro atoms. The molecule has 3 aromatic rings. The Hall–Kier alpha value is -3.85. The van der Waals surface area contributed by atoms with Crippen LogP contribution in [0, 0.1) is 11.3 Å². The van der Waals surface area contributed by atoms with Gasteiger partial charge in [-0.15, -0.1) is 0 Å². The van der Waals surface area contributed by atoms with Gasteiger partial charge in [0.2, 0.25) is 0 Å². The quantitative estimate of drug-likeness (QED) is 0.736. The molecule has 0 fully saturated rings. The van der Waals surface area contributed by atoms with Gasteiger partial charge in [-0.2, -0.15) is 5.26 Å². The van der Waals surface area contributed by atoms with E-state index in [0.29, 0.717) is 23.4 Å². The van der Waals surface area contributed by atoms with Gasteiger partial charge in [-0.1, -0.05) is 18.2 Å². The molecule has 0 saturated carbocycles. The molecule has 0 saturated heterocycles. The van der Waals surface area contributed by atoms with Crippen LogP contribution in [0.1, 0.15) is 27.8 Å². The summed E-state index contributed by atoms with van der Waals surface area (Å²) in [6, 6.07) is 20.7. The van der Waals surface area contributed by atoms with E-state index in [0.717, 1.165) is 16.9 Å². The van der Waals surface area contributed by atoms with Crippen molar-refractivity contribution in [1.82, 2.24) is 4.98 Å². The van der Waals surface area contributed by atoms with E-state index in [1.807, 2.05) is 48.5 Å². The number of nitriles is 1. The number of carbonyl (C=O) groups is 1. The zero-order chi connectivity index (χ0) is 19.5. The summed E-state index contributed by atoms with van der Waals surface area (Å²) in [6.07, 6.45) is 1.60. The zero-order valence-electron chi connectivity index (χ0n) is 15.3. The van der Waals surface area contributed by atoms with Crippen molar-refractivity contribution in [3.8, 4) is 11.8 Å². The van der Waals surface area contributed by atoms with Crippen molar-refractivity contribution in [2.24, 2.45) is 0 Å². The van der Waals surface area contributed by atoms with Crippen LogP contribution >= 0.6 is 0 Å². The second kappa shape index (κ2) is 7.41. The number of hydrogen-bond donors (Lipinski definition) is 1. The molecule has 1 aromatic heterocycles. The number of anilines is 2. The Morgan fingerprint density at radius 2 is 2.00 bits per heavy atom. The van der Waals surface area contributed by atoms with Crippen LogP contribution in [0.2, 0.25) is 0 Å². The van der Waals surface area contributed by atoms with Crippen molar-refractivity contribution in [2.45, 2.75) is 12.6 Å². The lowest BCUT2D eigenvalue weighted by molar-refractivity contribution is 0.0993. The summed E-state index contributed by atoms with van der Waals surface area (Å²) in [6.45, 7) is 0. The average Bonchev–Trinajstić information content (AvgIpc) is 3.02. The summed E-state index contributed by atoms with van der Waals surface area (Å²) in [4.78, 5) is 19.2. The largest absolute Gasteiger partial charge is 0.497 e. The maximum absolute atomic E-state index is 13.1. The number of ether oxygens (including phenoxy) is 1. The van der Waals surface area contributed by atoms with Crippen LogP contribution in [0.3, 0.4) is 0 Å². The molecule has 2 heterocycles. The second-order valence-corrected chi connectivity index (χ2v) is 6.39. The Morgan fingerprint density at radius 3 is 2.75 bits per heavy atom. The molecule has 6 heteroatoms. The lowest BCUT2D eigenvalue weighted by Crippen LogP contribution is -2.32. The monoisotopic (exact) mass is 370 g/mol. The molecular formula is C22H18N4O2. The Morgan fingerprint density at radius 1 is 1.18 bits per heavy atom. The highest BCUT2D eigenvalue weighted by Crippen LogP contribution is 2.37. The van der Waals surface area contributed by atoms with Crippen LogP contribution in [-0.2, 0) is 6.42 Å². The summed E-state index contributed by atoms with van der Waals surface area (Å²) in [7, 11) is 1.60. The number of benzene rings is 2. The first-order valence-corrected chi connectivity index (χ1v) is 8.86. The van der Waals surface area contributed by atoms with Gasteiger partial charge in [-0.05, 0) is 42.0 Å². The highest BCUT2D eigenvalue weighted by molar-refractivity contribution is 6.11. The van der Waals surface area contributed by atoms with Gasteiger partial charge in [0.15, 0.2) is 6.17 Å². The number of pyridine rings is 1. The van der Waals surface area contributed by atoms with E-state index >= 15 is 0 Å². The van der Waals surface area contributed by atoms with Crippen LogP contribution in [0.5, 0.6) is 5.75 Å². The molecule has 1 atom stereocenters. The lowest BCUT2D eigenvalue weighted by Gasteiger charge is -2.27. The molecule has 1 N–H and O–H groups in total. The summed E-state index contributed by atoms with van der Waals surface area (Å²) in [5.74, 6) is 0.559. The Kier molecular flexibility index (Phi) is 4.65. The van der Waals surface area contributed by atoms with Crippen molar-refractivity contribution < 1.29 is 9.53 Å². The van der Waals surface area contributed by atoms with Gasteiger partial charge in [0.05, 0.1) is 36.5 Å². The first-order valence-electron chi connectivity index (χ1n) is 8.86. The third kappa shape index (κ3) is 3.14. The van der Waals surface area contributed by atoms with Gasteiger partial charge in [0.25, 0.3) is 5.91 Å². The average molecular weight is 370 g/mol. The van der Waals surface area contributed by atoms with Crippen LogP contribution < -0.4 is 15.0 Å². The van der Waals surface area contributed by atoms with Crippen LogP contribution in [0.25, 0.3) is 0 Å². The molecule has 138 valence electrons. The number of hydrogen-bond acceptors (Lipinski definition) is 5. The van der Waals surface area contributed by atoms with E-state index in [1.54, 1.807) is 30.3 Å². The smallest absolute Gasteiger partial charge is 0.262 e. The fraction of sp³-hybridized carbons (Fsp3) is 0.136. The van der Waals surface area contributed by atoms with E-state index in [9.17, 15) is 4.79 Å². The van der Waals surface area contributed by atoms with Crippen molar-refractivity contribution in [1.29, 1.82) is 5.26 Å². The van der Waals surface area contributed by atoms with Gasteiger partial charge in [0, 0.05) is 18.0 Å². The predicted octanol–water partition coefficient (Wildman–Crippen LogP) is 3.93. The molecule has 0 aliphatic carbocycles. The highest BCUT2D eigenvalue weighted by atomic mass is 16.5. The molecule has 0 bridgehead atoms. The van der Waals surface area contributed by atoms with Gasteiger partial charge in [-0.25, -0.2) is 0 Å². The van der Waals surface area contributed by atoms with E-state index in [4.69, 9.17) is 10.00 Å². The number of methoxy groups -OCH3 is 1. The number of amides is 1. The van der Waals surface area contributed by atoms with Gasteiger partial charge >= 0.3 is 0 Å². The van der Waals surface area contributed by atoms with Crippen molar-refractivity contribution >= 4 is 17.3 Å². The molecule has 2 aromatic carbocycles. The first kappa shape index (κ1) is 17.6. The van der Waals surface area contributed by atoms with Crippen molar-refractivity contribution in [3.63, 3.8) is 0 Å². The minimum atomic E-state index is -0.447. The number of rotatable bonds is 5. The molecular weight excluding hydrogens is 352 g/mol. The maximum atomic E-state index is 13.1. The van der Waals surface area contributed by atoms with E-state index in [1.165, 1.54) is 0 Å². The molecule has 1 aliphatic heterocycles. The molecule has 28 heavy (non-hydrogen) atoms. The molecule has 6 nitrogen and oxygen atoms in total. The molecule has 0 radical (unpaired) electrons. The minimum absolute atomic E-state index is 0.116. The summed E-state index contributed by atoms with van der Waals surface area (Å²) < 4.78 is 5.32. The van der Waals surface area contributed by atoms with Gasteiger partial charge in [-0.3, -0.25) is 14.7 Å². The number of carbonyl (C=O) groups excluding carboxylic acids is 1. The number of fused-ring (bicyclic) bond motifs is 1. The van der Waals surface area contributed by atoms with Crippen molar-refractivity contribution in [3.05, 3.63) is 83.7 Å². The highest BCUT2D eigenvalue weighted by Gasteiger charge is 2.39. The number of aromatic nitrogens is 1. The Labute approximate surface area is 163 Å². The van der Waals surface area contributed by atoms with E-state index < -0.39 is 6.17 Å². The summed E-state index contributed by atoms with van der Waals surface area (Å²) in [5.41, 5.74) is 3.76. The van der Waals surface area contributed by atoms with Crippen LogP contribution in [0.4, 0.5) is 11.4 Å². The first-order chi connectivity index (χ1) is 13.7. The standard InChI is InChI=1S/C22H18N4O2/c1-28-18-5-2-4-17(14-18)26-21(20-19(22(26)27)6-3-13-24-20)25-16-9-7-15(8-10-16)11-12-23/h2-10,13-14,21,25H,11H2,1H3/t21-/m1/s1. The van der Waals surface area contributed by atoms with Gasteiger partial charge in [0.1, 0.15) is 5.75 Å². The van der Waals surface area contributed by atoms with Crippen molar-refractivity contribution in [2.75, 3.05) is 17.3 Å². The zero-order valence-corrected chi connectivity index (χ0v) is 15.3. The summed E-state index contributed by atoms with van der Waals surface area (Å²) >= 11 is 0. The minimum Gasteiger partial charge on any atom is -0.497 e. The van der Waals surface area contributed by atoms with E-state index in [-0.39, 0.29) is 5.91 Å². The maximum Gasteiger partial charge on any atom is 0.262 e. The number of nitrogens with one attached hydrogen (secondary N) is 1. The molecule has 1 aliphatic rings. The predicted molar refractivity (Wildman–Crippen MR) is 106 cm³/mol. The molecule has 4 rings (SSSR count). The summed E-state index contributed by atoms with van der Waals surface area (Å²) in [5, 5.41) is 12.2. The molecule has 0 unspecified atom stereocenters. The SMILES string of the molecule is COc1cccc(N2C(=O)c3cccnc3[C@@H]2Nc2ccc(CC#N)cc2)c1. The second-order valence-electron chi connectivity index (χ2n) is 6.39. The number of nitrogens with zero attached hydrogens (tertiary/aromatic N) is 3. The topological polar surface area (TPSA) is 78.2 Å². The fourth-order valence-corrected chi connectivity index (χ4v) is 3.31. The Bertz CT molecular complexity index is 1060. The normalized spacial score (nSPS) is 15.1. The van der Waals surface area contributed by atoms with Crippen LogP contribution in [0.15, 0.2) is 66.9 Å². The third-order valence-electron chi connectivity index (χ3n) is 4.68. The molecule has 1 amide bonds. The fourth-order valence-electron chi connectivity index (χ4n) is 3.31. The van der Waals surface area contributed by atoms with E-state index in [2.05, 4.69) is 16.4 Å². The lowest BCUT2D eigenvalue weighted by atomic mass is 10.1. The Balaban J connectivity index is 1.72. The van der Waals surface area contributed by atoms with Gasteiger partial charge < -0.3 is 10.1 Å². The third-order valence-corrected chi connectivity index (χ3v) is 4.68. The van der Waals surface area contributed by atoms with Crippen LogP contribution in [-0.4, -0.2) is 18.0 Å².